The Balaban J connectivity index is 2.68. The van der Waals surface area contributed by atoms with Gasteiger partial charge >= 0.3 is 5.97 Å². The van der Waals surface area contributed by atoms with Crippen LogP contribution in [0.1, 0.15) is 31.2 Å². The Kier molecular flexibility index (Phi) is 4.17. The minimum atomic E-state index is -0.138. The molecule has 0 saturated heterocycles. The van der Waals surface area contributed by atoms with Crippen molar-refractivity contribution in [2.75, 3.05) is 7.11 Å². The molecular weight excluding hydrogens is 176 g/mol. The molecule has 76 valence electrons. The summed E-state index contributed by atoms with van der Waals surface area (Å²) < 4.78 is 4.67. The fraction of sp³-hybridized carbons (Fsp3) is 0.417. The van der Waals surface area contributed by atoms with Crippen LogP contribution in [0, 0.1) is 0 Å². The summed E-state index contributed by atoms with van der Waals surface area (Å²) in [6, 6.07) is 10.1. The number of hydrogen-bond acceptors (Lipinski definition) is 2. The van der Waals surface area contributed by atoms with Crippen molar-refractivity contribution in [1.29, 1.82) is 0 Å². The van der Waals surface area contributed by atoms with Gasteiger partial charge in [0.05, 0.1) is 13.5 Å². The number of methoxy groups -OCH3 is 1. The van der Waals surface area contributed by atoms with Crippen LogP contribution in [0.25, 0.3) is 0 Å². The molecule has 2 nitrogen and oxygen atoms in total. The van der Waals surface area contributed by atoms with Gasteiger partial charge in [0.1, 0.15) is 0 Å². The van der Waals surface area contributed by atoms with Crippen LogP contribution < -0.4 is 0 Å². The van der Waals surface area contributed by atoms with Gasteiger partial charge in [-0.2, -0.15) is 0 Å². The predicted molar refractivity (Wildman–Crippen MR) is 56.1 cm³/mol. The number of esters is 1. The molecule has 0 fully saturated rings. The van der Waals surface area contributed by atoms with Crippen LogP contribution in [0.3, 0.4) is 0 Å². The molecule has 0 unspecified atom stereocenters. The molecule has 0 aliphatic rings. The number of ether oxygens (including phenoxy) is 1. The second kappa shape index (κ2) is 5.43. The predicted octanol–water partition coefficient (Wildman–Crippen LogP) is 2.74. The lowest BCUT2D eigenvalue weighted by Crippen LogP contribution is -2.07. The highest BCUT2D eigenvalue weighted by atomic mass is 16.5. The van der Waals surface area contributed by atoms with E-state index >= 15 is 0 Å². The van der Waals surface area contributed by atoms with Gasteiger partial charge in [0.25, 0.3) is 0 Å². The maximum atomic E-state index is 11.1. The number of benzene rings is 1. The van der Waals surface area contributed by atoms with Crippen molar-refractivity contribution in [2.45, 2.75) is 25.7 Å². The summed E-state index contributed by atoms with van der Waals surface area (Å²) in [4.78, 5) is 11.1. The van der Waals surface area contributed by atoms with Crippen LogP contribution >= 0.6 is 0 Å². The Labute approximate surface area is 84.9 Å². The molecule has 1 atom stereocenters. The van der Waals surface area contributed by atoms with E-state index in [-0.39, 0.29) is 11.9 Å². The van der Waals surface area contributed by atoms with E-state index < -0.39 is 0 Å². The van der Waals surface area contributed by atoms with Crippen LogP contribution in [0.4, 0.5) is 0 Å². The second-order valence-electron chi connectivity index (χ2n) is 3.30. The highest BCUT2D eigenvalue weighted by Gasteiger charge is 2.13. The highest BCUT2D eigenvalue weighted by Crippen LogP contribution is 2.22. The molecule has 0 aliphatic carbocycles. The molecule has 1 aromatic rings. The lowest BCUT2D eigenvalue weighted by atomic mass is 9.93. The fourth-order valence-corrected chi connectivity index (χ4v) is 1.51. The molecule has 0 spiro atoms. The maximum Gasteiger partial charge on any atom is 0.306 e. The van der Waals surface area contributed by atoms with E-state index in [4.69, 9.17) is 0 Å². The van der Waals surface area contributed by atoms with Gasteiger partial charge in [0.2, 0.25) is 0 Å². The Bertz CT molecular complexity index is 280. The molecule has 0 bridgehead atoms. The third-order valence-corrected chi connectivity index (χ3v) is 2.40. The second-order valence-corrected chi connectivity index (χ2v) is 3.30. The smallest absolute Gasteiger partial charge is 0.306 e. The van der Waals surface area contributed by atoms with Crippen molar-refractivity contribution in [3.05, 3.63) is 35.9 Å². The fourth-order valence-electron chi connectivity index (χ4n) is 1.51. The van der Waals surface area contributed by atoms with E-state index in [0.717, 1.165) is 6.42 Å². The molecule has 1 rings (SSSR count). The topological polar surface area (TPSA) is 26.3 Å². The van der Waals surface area contributed by atoms with Crippen LogP contribution in [-0.2, 0) is 9.53 Å². The summed E-state index contributed by atoms with van der Waals surface area (Å²) in [5.41, 5.74) is 1.21. The average molecular weight is 192 g/mol. The summed E-state index contributed by atoms with van der Waals surface area (Å²) in [6.45, 7) is 2.08. The molecule has 0 aromatic heterocycles. The molecule has 0 aliphatic heterocycles. The normalized spacial score (nSPS) is 12.1. The Morgan fingerprint density at radius 2 is 2.00 bits per heavy atom. The summed E-state index contributed by atoms with van der Waals surface area (Å²) in [5.74, 6) is 0.143. The quantitative estimate of drug-likeness (QED) is 0.686. The van der Waals surface area contributed by atoms with Gasteiger partial charge < -0.3 is 4.74 Å². The van der Waals surface area contributed by atoms with Crippen molar-refractivity contribution in [2.24, 2.45) is 0 Å². The lowest BCUT2D eigenvalue weighted by Gasteiger charge is -2.13. The maximum absolute atomic E-state index is 11.1. The third-order valence-electron chi connectivity index (χ3n) is 2.40. The van der Waals surface area contributed by atoms with Crippen molar-refractivity contribution in [3.63, 3.8) is 0 Å². The van der Waals surface area contributed by atoms with Gasteiger partial charge in [-0.3, -0.25) is 4.79 Å². The molecule has 2 heteroatoms. The number of carbonyl (C=O) groups excluding carboxylic acids is 1. The molecular formula is C12H16O2. The van der Waals surface area contributed by atoms with E-state index in [1.807, 2.05) is 18.2 Å². The Morgan fingerprint density at radius 1 is 1.36 bits per heavy atom. The van der Waals surface area contributed by atoms with Gasteiger partial charge in [-0.15, -0.1) is 0 Å². The lowest BCUT2D eigenvalue weighted by molar-refractivity contribution is -0.141. The van der Waals surface area contributed by atoms with Crippen molar-refractivity contribution in [3.8, 4) is 0 Å². The largest absolute Gasteiger partial charge is 0.469 e. The number of carbonyl (C=O) groups is 1. The SMILES string of the molecule is CC[C@H](CC(=O)OC)c1ccccc1. The first kappa shape index (κ1) is 10.8. The monoisotopic (exact) mass is 192 g/mol. The minimum absolute atomic E-state index is 0.138. The molecule has 0 saturated carbocycles. The molecule has 0 N–H and O–H groups in total. The number of rotatable bonds is 4. The van der Waals surface area contributed by atoms with Crippen LogP contribution in [0.2, 0.25) is 0 Å². The molecule has 1 aromatic carbocycles. The zero-order chi connectivity index (χ0) is 10.4. The van der Waals surface area contributed by atoms with Gasteiger partial charge in [-0.25, -0.2) is 0 Å². The Morgan fingerprint density at radius 3 is 2.50 bits per heavy atom. The van der Waals surface area contributed by atoms with Crippen LogP contribution in [0.15, 0.2) is 30.3 Å². The van der Waals surface area contributed by atoms with Gasteiger partial charge in [0.15, 0.2) is 0 Å². The van der Waals surface area contributed by atoms with E-state index in [1.165, 1.54) is 12.7 Å². The molecule has 0 heterocycles. The van der Waals surface area contributed by atoms with Crippen LogP contribution in [-0.4, -0.2) is 13.1 Å². The van der Waals surface area contributed by atoms with E-state index in [1.54, 1.807) is 0 Å². The Hall–Kier alpha value is -1.31. The summed E-state index contributed by atoms with van der Waals surface area (Å²) in [5, 5.41) is 0. The number of hydrogen-bond donors (Lipinski definition) is 0. The average Bonchev–Trinajstić information content (AvgIpc) is 2.26. The van der Waals surface area contributed by atoms with E-state index in [2.05, 4.69) is 23.8 Å². The first-order chi connectivity index (χ1) is 6.77. The molecule has 0 amide bonds. The van der Waals surface area contributed by atoms with E-state index in [9.17, 15) is 4.79 Å². The summed E-state index contributed by atoms with van der Waals surface area (Å²) >= 11 is 0. The standard InChI is InChI=1S/C12H16O2/c1-3-10(9-12(13)14-2)11-7-5-4-6-8-11/h4-8,10H,3,9H2,1-2H3/t10-/m1/s1. The van der Waals surface area contributed by atoms with Crippen molar-refractivity contribution >= 4 is 5.97 Å². The summed E-state index contributed by atoms with van der Waals surface area (Å²) in [7, 11) is 1.43. The first-order valence-electron chi connectivity index (χ1n) is 4.89. The molecule has 14 heavy (non-hydrogen) atoms. The first-order valence-corrected chi connectivity index (χ1v) is 4.89. The third kappa shape index (κ3) is 2.87. The van der Waals surface area contributed by atoms with Crippen molar-refractivity contribution < 1.29 is 9.53 Å². The zero-order valence-corrected chi connectivity index (χ0v) is 8.69. The van der Waals surface area contributed by atoms with Crippen LogP contribution in [0.5, 0.6) is 0 Å². The minimum Gasteiger partial charge on any atom is -0.469 e. The van der Waals surface area contributed by atoms with E-state index in [0.29, 0.717) is 6.42 Å². The molecule has 0 radical (unpaired) electrons. The zero-order valence-electron chi connectivity index (χ0n) is 8.69. The van der Waals surface area contributed by atoms with Gasteiger partial charge in [-0.1, -0.05) is 37.3 Å². The highest BCUT2D eigenvalue weighted by molar-refractivity contribution is 5.70. The van der Waals surface area contributed by atoms with Gasteiger partial charge in [-0.05, 0) is 17.9 Å². The van der Waals surface area contributed by atoms with Crippen molar-refractivity contribution in [1.82, 2.24) is 0 Å². The van der Waals surface area contributed by atoms with Gasteiger partial charge in [0, 0.05) is 0 Å². The summed E-state index contributed by atoms with van der Waals surface area (Å²) in [6.07, 6.45) is 1.43.